The maximum atomic E-state index is 8.45. The molecule has 0 amide bonds. The Hall–Kier alpha value is -1.29. The summed E-state index contributed by atoms with van der Waals surface area (Å²) in [6.45, 7) is 4.33. The molecule has 0 saturated heterocycles. The normalized spacial score (nSPS) is 9.83. The SMILES string of the molecule is CC(C)c1ccc(CC#N)cc1. The van der Waals surface area contributed by atoms with Gasteiger partial charge in [-0.3, -0.25) is 0 Å². The van der Waals surface area contributed by atoms with Crippen LogP contribution in [0, 0.1) is 11.3 Å². The average molecular weight is 159 g/mol. The molecule has 0 radical (unpaired) electrons. The van der Waals surface area contributed by atoms with Crippen molar-refractivity contribution >= 4 is 0 Å². The predicted molar refractivity (Wildman–Crippen MR) is 49.8 cm³/mol. The lowest BCUT2D eigenvalue weighted by Crippen LogP contribution is -1.87. The second-order valence-electron chi connectivity index (χ2n) is 3.23. The van der Waals surface area contributed by atoms with E-state index in [1.807, 2.05) is 12.1 Å². The molecule has 0 aliphatic carbocycles. The molecule has 0 fully saturated rings. The summed E-state index contributed by atoms with van der Waals surface area (Å²) in [5.74, 6) is 0.570. The summed E-state index contributed by atoms with van der Waals surface area (Å²) in [5, 5.41) is 8.45. The largest absolute Gasteiger partial charge is 0.198 e. The van der Waals surface area contributed by atoms with E-state index in [-0.39, 0.29) is 0 Å². The van der Waals surface area contributed by atoms with E-state index in [0.717, 1.165) is 5.56 Å². The van der Waals surface area contributed by atoms with E-state index < -0.39 is 0 Å². The third kappa shape index (κ3) is 2.10. The Labute approximate surface area is 73.6 Å². The van der Waals surface area contributed by atoms with Gasteiger partial charge in [-0.15, -0.1) is 0 Å². The number of hydrogen-bond acceptors (Lipinski definition) is 1. The van der Waals surface area contributed by atoms with Gasteiger partial charge in [-0.2, -0.15) is 5.26 Å². The second-order valence-corrected chi connectivity index (χ2v) is 3.23. The van der Waals surface area contributed by atoms with Crippen LogP contribution in [0.3, 0.4) is 0 Å². The molecule has 0 atom stereocenters. The van der Waals surface area contributed by atoms with Gasteiger partial charge in [0.05, 0.1) is 12.5 Å². The Bertz CT molecular complexity index is 277. The maximum absolute atomic E-state index is 8.45. The maximum Gasteiger partial charge on any atom is 0.0669 e. The summed E-state index contributed by atoms with van der Waals surface area (Å²) in [6, 6.07) is 10.4. The van der Waals surface area contributed by atoms with E-state index in [0.29, 0.717) is 12.3 Å². The fraction of sp³-hybridized carbons (Fsp3) is 0.364. The molecule has 0 aliphatic rings. The molecule has 0 aliphatic heterocycles. The summed E-state index contributed by atoms with van der Waals surface area (Å²) < 4.78 is 0. The Kier molecular flexibility index (Phi) is 2.88. The van der Waals surface area contributed by atoms with Crippen LogP contribution in [-0.4, -0.2) is 0 Å². The van der Waals surface area contributed by atoms with Gasteiger partial charge in [0.2, 0.25) is 0 Å². The minimum absolute atomic E-state index is 0.512. The van der Waals surface area contributed by atoms with Crippen LogP contribution < -0.4 is 0 Å². The first kappa shape index (κ1) is 8.80. The molecule has 0 spiro atoms. The van der Waals surface area contributed by atoms with Crippen LogP contribution in [0.25, 0.3) is 0 Å². The van der Waals surface area contributed by atoms with Crippen LogP contribution in [0.4, 0.5) is 0 Å². The monoisotopic (exact) mass is 159 g/mol. The van der Waals surface area contributed by atoms with Gasteiger partial charge < -0.3 is 0 Å². The van der Waals surface area contributed by atoms with E-state index >= 15 is 0 Å². The summed E-state index contributed by atoms with van der Waals surface area (Å²) in [4.78, 5) is 0. The van der Waals surface area contributed by atoms with Crippen LogP contribution in [0.15, 0.2) is 24.3 Å². The second kappa shape index (κ2) is 3.92. The smallest absolute Gasteiger partial charge is 0.0669 e. The van der Waals surface area contributed by atoms with Crippen LogP contribution in [-0.2, 0) is 6.42 Å². The van der Waals surface area contributed by atoms with Crippen molar-refractivity contribution in [3.8, 4) is 6.07 Å². The molecule has 0 unspecified atom stereocenters. The molecule has 1 aromatic carbocycles. The Balaban J connectivity index is 2.80. The molecule has 0 saturated carbocycles. The van der Waals surface area contributed by atoms with Gasteiger partial charge in [0.25, 0.3) is 0 Å². The highest BCUT2D eigenvalue weighted by Gasteiger charge is 1.97. The zero-order chi connectivity index (χ0) is 8.97. The highest BCUT2D eigenvalue weighted by molar-refractivity contribution is 5.26. The van der Waals surface area contributed by atoms with Crippen molar-refractivity contribution in [2.24, 2.45) is 0 Å². The van der Waals surface area contributed by atoms with Crippen molar-refractivity contribution in [3.05, 3.63) is 35.4 Å². The fourth-order valence-corrected chi connectivity index (χ4v) is 1.11. The molecule has 0 N–H and O–H groups in total. The van der Waals surface area contributed by atoms with Crippen LogP contribution in [0.2, 0.25) is 0 Å². The molecule has 1 aromatic rings. The first-order valence-corrected chi connectivity index (χ1v) is 4.20. The minimum atomic E-state index is 0.512. The first-order valence-electron chi connectivity index (χ1n) is 4.20. The fourth-order valence-electron chi connectivity index (χ4n) is 1.11. The average Bonchev–Trinajstić information content (AvgIpc) is 2.06. The van der Waals surface area contributed by atoms with Crippen molar-refractivity contribution in [3.63, 3.8) is 0 Å². The van der Waals surface area contributed by atoms with E-state index in [1.165, 1.54) is 5.56 Å². The minimum Gasteiger partial charge on any atom is -0.198 e. The van der Waals surface area contributed by atoms with Crippen molar-refractivity contribution in [1.29, 1.82) is 5.26 Å². The number of nitriles is 1. The van der Waals surface area contributed by atoms with Crippen LogP contribution in [0.5, 0.6) is 0 Å². The summed E-state index contributed by atoms with van der Waals surface area (Å²) in [6.07, 6.45) is 0.512. The molecular weight excluding hydrogens is 146 g/mol. The number of rotatable bonds is 2. The van der Waals surface area contributed by atoms with Crippen molar-refractivity contribution in [1.82, 2.24) is 0 Å². The molecule has 1 heteroatoms. The Morgan fingerprint density at radius 3 is 2.25 bits per heavy atom. The lowest BCUT2D eigenvalue weighted by atomic mass is 10.0. The van der Waals surface area contributed by atoms with Crippen LogP contribution in [0.1, 0.15) is 30.9 Å². The van der Waals surface area contributed by atoms with Crippen molar-refractivity contribution in [2.75, 3.05) is 0 Å². The van der Waals surface area contributed by atoms with Gasteiger partial charge in [-0.1, -0.05) is 38.1 Å². The van der Waals surface area contributed by atoms with Gasteiger partial charge in [0, 0.05) is 0 Å². The van der Waals surface area contributed by atoms with E-state index in [4.69, 9.17) is 5.26 Å². The molecule has 1 nitrogen and oxygen atoms in total. The Morgan fingerprint density at radius 2 is 1.83 bits per heavy atom. The van der Waals surface area contributed by atoms with Gasteiger partial charge in [-0.25, -0.2) is 0 Å². The third-order valence-electron chi connectivity index (χ3n) is 1.93. The topological polar surface area (TPSA) is 23.8 Å². The number of nitrogens with zero attached hydrogens (tertiary/aromatic N) is 1. The zero-order valence-corrected chi connectivity index (χ0v) is 7.54. The molecule has 1 rings (SSSR count). The van der Waals surface area contributed by atoms with Crippen molar-refractivity contribution in [2.45, 2.75) is 26.2 Å². The lowest BCUT2D eigenvalue weighted by molar-refractivity contribution is 0.865. The first-order chi connectivity index (χ1) is 5.74. The number of hydrogen-bond donors (Lipinski definition) is 0. The van der Waals surface area contributed by atoms with E-state index in [1.54, 1.807) is 0 Å². The summed E-state index contributed by atoms with van der Waals surface area (Å²) >= 11 is 0. The molecular formula is C11H13N. The van der Waals surface area contributed by atoms with Gasteiger partial charge >= 0.3 is 0 Å². The molecule has 0 bridgehead atoms. The van der Waals surface area contributed by atoms with Gasteiger partial charge in [0.15, 0.2) is 0 Å². The highest BCUT2D eigenvalue weighted by atomic mass is 14.2. The quantitative estimate of drug-likeness (QED) is 0.651. The number of benzene rings is 1. The molecule has 0 heterocycles. The lowest BCUT2D eigenvalue weighted by Gasteiger charge is -2.04. The van der Waals surface area contributed by atoms with E-state index in [9.17, 15) is 0 Å². The van der Waals surface area contributed by atoms with Gasteiger partial charge in [0.1, 0.15) is 0 Å². The standard InChI is InChI=1S/C11H13N/c1-9(2)11-5-3-10(4-6-11)7-8-12/h3-6,9H,7H2,1-2H3. The van der Waals surface area contributed by atoms with Crippen molar-refractivity contribution < 1.29 is 0 Å². The summed E-state index contributed by atoms with van der Waals surface area (Å²) in [7, 11) is 0. The van der Waals surface area contributed by atoms with E-state index in [2.05, 4.69) is 32.0 Å². The third-order valence-corrected chi connectivity index (χ3v) is 1.93. The zero-order valence-electron chi connectivity index (χ0n) is 7.54. The highest BCUT2D eigenvalue weighted by Crippen LogP contribution is 2.14. The van der Waals surface area contributed by atoms with Crippen LogP contribution >= 0.6 is 0 Å². The van der Waals surface area contributed by atoms with Gasteiger partial charge in [-0.05, 0) is 17.0 Å². The summed E-state index contributed by atoms with van der Waals surface area (Å²) in [5.41, 5.74) is 2.43. The molecule has 0 aromatic heterocycles. The Morgan fingerprint density at radius 1 is 1.25 bits per heavy atom. The molecule has 62 valence electrons. The molecule has 12 heavy (non-hydrogen) atoms. The predicted octanol–water partition coefficient (Wildman–Crippen LogP) is 2.88.